The maximum Gasteiger partial charge on any atom is 0.416 e. The van der Waals surface area contributed by atoms with Crippen molar-refractivity contribution in [1.82, 2.24) is 4.90 Å². The number of ether oxygens (including phenoxy) is 1. The van der Waals surface area contributed by atoms with Gasteiger partial charge in [-0.2, -0.15) is 13.2 Å². The summed E-state index contributed by atoms with van der Waals surface area (Å²) >= 11 is 0. The van der Waals surface area contributed by atoms with Crippen molar-refractivity contribution in [2.75, 3.05) is 18.5 Å². The molecule has 0 saturated carbocycles. The van der Waals surface area contributed by atoms with Crippen molar-refractivity contribution in [3.05, 3.63) is 101 Å². The molecule has 1 aliphatic heterocycles. The fourth-order valence-corrected chi connectivity index (χ4v) is 4.06. The molecular weight excluding hydrogens is 473 g/mol. The predicted octanol–water partition coefficient (Wildman–Crippen LogP) is 4.35. The molecule has 2 atom stereocenters. The molecule has 0 aromatic heterocycles. The van der Waals surface area contributed by atoms with Gasteiger partial charge in [-0.3, -0.25) is 9.59 Å². The van der Waals surface area contributed by atoms with Crippen LogP contribution in [-0.2, 0) is 33.5 Å². The molecule has 0 bridgehead atoms. The third-order valence-electron chi connectivity index (χ3n) is 5.98. The Morgan fingerprint density at radius 1 is 1.00 bits per heavy atom. The largest absolute Gasteiger partial charge is 0.416 e. The van der Waals surface area contributed by atoms with Crippen molar-refractivity contribution in [3.8, 4) is 0 Å². The highest BCUT2D eigenvalue weighted by atomic mass is 19.4. The van der Waals surface area contributed by atoms with Gasteiger partial charge in [0, 0.05) is 12.2 Å². The molecule has 1 heterocycles. The first-order valence-corrected chi connectivity index (χ1v) is 11.4. The number of benzene rings is 3. The van der Waals surface area contributed by atoms with Crippen LogP contribution in [0.15, 0.2) is 78.9 Å². The first-order chi connectivity index (χ1) is 17.2. The Bertz CT molecular complexity index is 1180. The molecule has 2 N–H and O–H groups in total. The number of carbonyl (C=O) groups excluding carboxylic acids is 2. The normalized spacial score (nSPS) is 17.1. The molecule has 4 rings (SSSR count). The number of rotatable bonds is 7. The average molecular weight is 499 g/mol. The lowest BCUT2D eigenvalue weighted by Crippen LogP contribution is -2.51. The maximum atomic E-state index is 12.9. The van der Waals surface area contributed by atoms with E-state index in [0.717, 1.165) is 17.7 Å². The van der Waals surface area contributed by atoms with E-state index < -0.39 is 23.9 Å². The van der Waals surface area contributed by atoms with Crippen LogP contribution < -0.4 is 5.32 Å². The number of alkyl halides is 3. The summed E-state index contributed by atoms with van der Waals surface area (Å²) in [7, 11) is 0. The fraction of sp³-hybridized carbons (Fsp3) is 0.259. The highest BCUT2D eigenvalue weighted by Gasteiger charge is 2.35. The fourth-order valence-electron chi connectivity index (χ4n) is 4.06. The summed E-state index contributed by atoms with van der Waals surface area (Å²) in [5.74, 6) is -0.543. The van der Waals surface area contributed by atoms with E-state index in [1.807, 2.05) is 30.3 Å². The molecule has 1 saturated heterocycles. The minimum absolute atomic E-state index is 0.0374. The Hall–Kier alpha value is -3.69. The van der Waals surface area contributed by atoms with Crippen molar-refractivity contribution < 1.29 is 32.6 Å². The zero-order valence-electron chi connectivity index (χ0n) is 19.2. The summed E-state index contributed by atoms with van der Waals surface area (Å²) in [6.07, 6.45) is -5.32. The third kappa shape index (κ3) is 6.30. The zero-order valence-corrected chi connectivity index (χ0v) is 19.2. The van der Waals surface area contributed by atoms with Gasteiger partial charge in [0.15, 0.2) is 0 Å². The number of carbonyl (C=O) groups is 2. The zero-order chi connectivity index (χ0) is 25.7. The number of morpholine rings is 1. The minimum Gasteiger partial charge on any atom is -0.386 e. The number of amides is 2. The van der Waals surface area contributed by atoms with Crippen LogP contribution in [0.1, 0.15) is 28.4 Å². The van der Waals surface area contributed by atoms with Crippen LogP contribution in [-0.4, -0.2) is 41.1 Å². The van der Waals surface area contributed by atoms with Crippen molar-refractivity contribution in [3.63, 3.8) is 0 Å². The number of aliphatic hydroxyl groups excluding tert-OH is 1. The molecule has 0 aliphatic carbocycles. The number of hydrogen-bond donors (Lipinski definition) is 2. The highest BCUT2D eigenvalue weighted by molar-refractivity contribution is 5.92. The number of hydrogen-bond acceptors (Lipinski definition) is 4. The van der Waals surface area contributed by atoms with Gasteiger partial charge in [-0.05, 0) is 41.0 Å². The predicted molar refractivity (Wildman–Crippen MR) is 127 cm³/mol. The van der Waals surface area contributed by atoms with E-state index in [0.29, 0.717) is 16.8 Å². The van der Waals surface area contributed by atoms with Gasteiger partial charge in [-0.25, -0.2) is 0 Å². The summed E-state index contributed by atoms with van der Waals surface area (Å²) in [6.45, 7) is -0.0605. The molecule has 1 fully saturated rings. The minimum atomic E-state index is -4.45. The van der Waals surface area contributed by atoms with Crippen molar-refractivity contribution in [2.24, 2.45) is 0 Å². The Balaban J connectivity index is 1.42. The molecule has 3 aromatic carbocycles. The summed E-state index contributed by atoms with van der Waals surface area (Å²) in [5, 5.41) is 13.8. The number of nitrogens with one attached hydrogen (secondary N) is 1. The molecular formula is C27H25F3N2O4. The van der Waals surface area contributed by atoms with Crippen molar-refractivity contribution >= 4 is 17.5 Å². The average Bonchev–Trinajstić information content (AvgIpc) is 2.86. The van der Waals surface area contributed by atoms with E-state index in [-0.39, 0.29) is 38.0 Å². The Morgan fingerprint density at radius 2 is 1.67 bits per heavy atom. The quantitative estimate of drug-likeness (QED) is 0.508. The van der Waals surface area contributed by atoms with Gasteiger partial charge in [0.2, 0.25) is 11.8 Å². The van der Waals surface area contributed by atoms with Gasteiger partial charge in [0.1, 0.15) is 12.7 Å². The summed E-state index contributed by atoms with van der Waals surface area (Å²) in [4.78, 5) is 26.3. The topological polar surface area (TPSA) is 78.9 Å². The van der Waals surface area contributed by atoms with E-state index in [1.54, 1.807) is 24.3 Å². The molecule has 0 radical (unpaired) electrons. The molecule has 2 unspecified atom stereocenters. The first-order valence-electron chi connectivity index (χ1n) is 11.4. The van der Waals surface area contributed by atoms with Gasteiger partial charge in [0.25, 0.3) is 0 Å². The first kappa shape index (κ1) is 25.4. The molecule has 2 amide bonds. The lowest BCUT2D eigenvalue weighted by molar-refractivity contribution is -0.155. The van der Waals surface area contributed by atoms with Crippen LogP contribution in [0.3, 0.4) is 0 Å². The lowest BCUT2D eigenvalue weighted by Gasteiger charge is -2.38. The standard InChI is InChI=1S/C27H25F3N2O4/c28-27(29,30)21-10-6-19(7-11-21)15-32-23(16-36-17-25(32)34)26(35)20-8-12-22(13-9-20)31-24(33)14-18-4-2-1-3-5-18/h1-13,23,26,35H,14-17H2,(H,31,33). The Labute approximate surface area is 206 Å². The second-order valence-electron chi connectivity index (χ2n) is 8.58. The second-order valence-corrected chi connectivity index (χ2v) is 8.58. The van der Waals surface area contributed by atoms with Crippen molar-refractivity contribution in [1.29, 1.82) is 0 Å². The van der Waals surface area contributed by atoms with E-state index >= 15 is 0 Å². The number of nitrogens with zero attached hydrogens (tertiary/aromatic N) is 1. The van der Waals surface area contributed by atoms with Crippen LogP contribution in [0.4, 0.5) is 18.9 Å². The maximum absolute atomic E-state index is 12.9. The smallest absolute Gasteiger partial charge is 0.386 e. The van der Waals surface area contributed by atoms with Crippen LogP contribution in [0, 0.1) is 0 Å². The van der Waals surface area contributed by atoms with Gasteiger partial charge < -0.3 is 20.1 Å². The third-order valence-corrected chi connectivity index (χ3v) is 5.98. The molecule has 9 heteroatoms. The van der Waals surface area contributed by atoms with Gasteiger partial charge in [-0.15, -0.1) is 0 Å². The molecule has 36 heavy (non-hydrogen) atoms. The summed E-state index contributed by atoms with van der Waals surface area (Å²) in [6, 6.07) is 19.8. The van der Waals surface area contributed by atoms with Gasteiger partial charge >= 0.3 is 6.18 Å². The Kier molecular flexibility index (Phi) is 7.71. The molecule has 0 spiro atoms. The molecule has 3 aromatic rings. The van der Waals surface area contributed by atoms with Gasteiger partial charge in [-0.1, -0.05) is 54.6 Å². The second kappa shape index (κ2) is 10.9. The van der Waals surface area contributed by atoms with Crippen LogP contribution in [0.2, 0.25) is 0 Å². The molecule has 188 valence electrons. The Morgan fingerprint density at radius 3 is 2.31 bits per heavy atom. The lowest BCUT2D eigenvalue weighted by atomic mass is 9.99. The van der Waals surface area contributed by atoms with Crippen LogP contribution >= 0.6 is 0 Å². The summed E-state index contributed by atoms with van der Waals surface area (Å²) in [5.41, 5.74) is 1.69. The number of aliphatic hydroxyl groups is 1. The van der Waals surface area contributed by atoms with Crippen LogP contribution in [0.25, 0.3) is 0 Å². The molecule has 1 aliphatic rings. The van der Waals surface area contributed by atoms with E-state index in [2.05, 4.69) is 5.32 Å². The molecule has 6 nitrogen and oxygen atoms in total. The van der Waals surface area contributed by atoms with E-state index in [1.165, 1.54) is 17.0 Å². The van der Waals surface area contributed by atoms with Gasteiger partial charge in [0.05, 0.1) is 24.6 Å². The van der Waals surface area contributed by atoms with Crippen molar-refractivity contribution in [2.45, 2.75) is 31.3 Å². The monoisotopic (exact) mass is 498 g/mol. The number of halogens is 3. The van der Waals surface area contributed by atoms with E-state index in [9.17, 15) is 27.9 Å². The highest BCUT2D eigenvalue weighted by Crippen LogP contribution is 2.30. The van der Waals surface area contributed by atoms with Crippen LogP contribution in [0.5, 0.6) is 0 Å². The van der Waals surface area contributed by atoms with E-state index in [4.69, 9.17) is 4.74 Å². The number of anilines is 1. The summed E-state index contributed by atoms with van der Waals surface area (Å²) < 4.78 is 43.9. The SMILES string of the molecule is O=C(Cc1ccccc1)Nc1ccc(C(O)C2COCC(=O)N2Cc2ccc(C(F)(F)F)cc2)cc1.